The summed E-state index contributed by atoms with van der Waals surface area (Å²) in [7, 11) is 1.61. The van der Waals surface area contributed by atoms with Gasteiger partial charge in [-0.2, -0.15) is 0 Å². The Morgan fingerprint density at radius 1 is 0.970 bits per heavy atom. The Bertz CT molecular complexity index is 1120. The highest BCUT2D eigenvalue weighted by atomic mass is 16.5. The van der Waals surface area contributed by atoms with Crippen LogP contribution in [0.2, 0.25) is 0 Å². The van der Waals surface area contributed by atoms with E-state index >= 15 is 0 Å². The molecular formula is C25H29N3O5. The highest BCUT2D eigenvalue weighted by molar-refractivity contribution is 5.97. The van der Waals surface area contributed by atoms with Crippen LogP contribution in [0, 0.1) is 13.8 Å². The van der Waals surface area contributed by atoms with Gasteiger partial charge in [0.25, 0.3) is 11.8 Å². The van der Waals surface area contributed by atoms with Gasteiger partial charge < -0.3 is 18.8 Å². The van der Waals surface area contributed by atoms with Gasteiger partial charge in [-0.05, 0) is 70.2 Å². The smallest absolute Gasteiger partial charge is 0.279 e. The number of aromatic nitrogens is 1. The number of hydrogen-bond donors (Lipinski definition) is 2. The second-order valence-electron chi connectivity index (χ2n) is 7.43. The topological polar surface area (TPSA) is 90.8 Å². The molecule has 0 aliphatic carbocycles. The molecule has 0 saturated heterocycles. The lowest BCUT2D eigenvalue weighted by Gasteiger charge is -2.15. The van der Waals surface area contributed by atoms with Crippen molar-refractivity contribution in [1.29, 1.82) is 0 Å². The van der Waals surface area contributed by atoms with E-state index in [4.69, 9.17) is 14.2 Å². The maximum atomic E-state index is 12.8. The van der Waals surface area contributed by atoms with Gasteiger partial charge in [0.1, 0.15) is 17.2 Å². The van der Waals surface area contributed by atoms with Crippen molar-refractivity contribution in [2.45, 2.75) is 33.8 Å². The van der Waals surface area contributed by atoms with Crippen LogP contribution < -0.4 is 25.1 Å². The number of carbonyl (C=O) groups excluding carboxylic acids is 2. The predicted molar refractivity (Wildman–Crippen MR) is 125 cm³/mol. The Hall–Kier alpha value is -3.94. The fourth-order valence-corrected chi connectivity index (χ4v) is 3.47. The fourth-order valence-electron chi connectivity index (χ4n) is 3.47. The lowest BCUT2D eigenvalue weighted by Crippen LogP contribution is -2.47. The summed E-state index contributed by atoms with van der Waals surface area (Å²) < 4.78 is 18.3. The van der Waals surface area contributed by atoms with E-state index in [1.54, 1.807) is 44.4 Å². The van der Waals surface area contributed by atoms with Gasteiger partial charge in [-0.1, -0.05) is 6.07 Å². The van der Waals surface area contributed by atoms with Gasteiger partial charge in [0.15, 0.2) is 6.10 Å². The SMILES string of the molecule is CCOc1ccc(OC(C)C(=O)NNC(=O)c2cc(C)n(-c3cccc(OC)c3)c2C)cc1. The molecule has 0 saturated carbocycles. The molecule has 8 nitrogen and oxygen atoms in total. The van der Waals surface area contributed by atoms with E-state index in [-0.39, 0.29) is 0 Å². The van der Waals surface area contributed by atoms with Crippen LogP contribution in [-0.2, 0) is 4.79 Å². The van der Waals surface area contributed by atoms with Crippen molar-refractivity contribution in [3.05, 3.63) is 71.5 Å². The highest BCUT2D eigenvalue weighted by Gasteiger charge is 2.20. The van der Waals surface area contributed by atoms with Gasteiger partial charge in [0, 0.05) is 23.1 Å². The third-order valence-electron chi connectivity index (χ3n) is 5.10. The van der Waals surface area contributed by atoms with Crippen LogP contribution in [0.4, 0.5) is 0 Å². The largest absolute Gasteiger partial charge is 0.497 e. The average Bonchev–Trinajstić information content (AvgIpc) is 3.12. The summed E-state index contributed by atoms with van der Waals surface area (Å²) in [5.74, 6) is 1.08. The van der Waals surface area contributed by atoms with Crippen LogP contribution >= 0.6 is 0 Å². The maximum absolute atomic E-state index is 12.8. The molecule has 8 heteroatoms. The van der Waals surface area contributed by atoms with E-state index in [2.05, 4.69) is 10.9 Å². The van der Waals surface area contributed by atoms with Gasteiger partial charge >= 0.3 is 0 Å². The van der Waals surface area contributed by atoms with Crippen molar-refractivity contribution in [2.75, 3.05) is 13.7 Å². The summed E-state index contributed by atoms with van der Waals surface area (Å²) in [5, 5.41) is 0. The van der Waals surface area contributed by atoms with Crippen LogP contribution in [0.1, 0.15) is 35.6 Å². The molecule has 2 aromatic carbocycles. The normalized spacial score (nSPS) is 11.4. The molecule has 2 amide bonds. The summed E-state index contributed by atoms with van der Waals surface area (Å²) in [6.07, 6.45) is -0.813. The first-order chi connectivity index (χ1) is 15.8. The molecule has 0 aliphatic rings. The molecule has 33 heavy (non-hydrogen) atoms. The first kappa shape index (κ1) is 23.7. The highest BCUT2D eigenvalue weighted by Crippen LogP contribution is 2.24. The molecule has 1 atom stereocenters. The Labute approximate surface area is 193 Å². The van der Waals surface area contributed by atoms with Crippen molar-refractivity contribution in [3.8, 4) is 22.9 Å². The number of aryl methyl sites for hydroxylation is 1. The Kier molecular flexibility index (Phi) is 7.61. The predicted octanol–water partition coefficient (Wildman–Crippen LogP) is 3.73. The number of carbonyl (C=O) groups is 2. The zero-order valence-electron chi connectivity index (χ0n) is 19.5. The van der Waals surface area contributed by atoms with E-state index in [1.807, 2.05) is 49.6 Å². The summed E-state index contributed by atoms with van der Waals surface area (Å²) >= 11 is 0. The molecule has 0 fully saturated rings. The van der Waals surface area contributed by atoms with Gasteiger partial charge in [-0.25, -0.2) is 0 Å². The number of ether oxygens (including phenoxy) is 3. The molecule has 3 aromatic rings. The Morgan fingerprint density at radius 3 is 2.33 bits per heavy atom. The van der Waals surface area contributed by atoms with Crippen LogP contribution in [0.25, 0.3) is 5.69 Å². The Morgan fingerprint density at radius 2 is 1.67 bits per heavy atom. The number of hydrazine groups is 1. The summed E-state index contributed by atoms with van der Waals surface area (Å²) in [6, 6.07) is 16.3. The van der Waals surface area contributed by atoms with Crippen molar-refractivity contribution in [1.82, 2.24) is 15.4 Å². The molecule has 2 N–H and O–H groups in total. The molecular weight excluding hydrogens is 422 g/mol. The lowest BCUT2D eigenvalue weighted by atomic mass is 10.2. The first-order valence-electron chi connectivity index (χ1n) is 10.7. The number of methoxy groups -OCH3 is 1. The van der Waals surface area contributed by atoms with E-state index in [0.29, 0.717) is 17.9 Å². The molecule has 0 bridgehead atoms. The minimum Gasteiger partial charge on any atom is -0.497 e. The zero-order valence-corrected chi connectivity index (χ0v) is 19.5. The number of amides is 2. The van der Waals surface area contributed by atoms with Gasteiger partial charge in [-0.3, -0.25) is 20.4 Å². The van der Waals surface area contributed by atoms with Crippen LogP contribution in [0.15, 0.2) is 54.6 Å². The van der Waals surface area contributed by atoms with Gasteiger partial charge in [-0.15, -0.1) is 0 Å². The minimum absolute atomic E-state index is 0.418. The molecule has 1 heterocycles. The number of rotatable bonds is 8. The molecule has 1 unspecified atom stereocenters. The fraction of sp³-hybridized carbons (Fsp3) is 0.280. The molecule has 1 aromatic heterocycles. The summed E-state index contributed by atoms with van der Waals surface area (Å²) in [5.41, 5.74) is 7.85. The van der Waals surface area contributed by atoms with Crippen LogP contribution in [0.3, 0.4) is 0 Å². The van der Waals surface area contributed by atoms with E-state index in [0.717, 1.165) is 28.6 Å². The van der Waals surface area contributed by atoms with Crippen molar-refractivity contribution < 1.29 is 23.8 Å². The van der Waals surface area contributed by atoms with Crippen molar-refractivity contribution in [2.24, 2.45) is 0 Å². The summed E-state index contributed by atoms with van der Waals surface area (Å²) in [4.78, 5) is 25.2. The quantitative estimate of drug-likeness (QED) is 0.510. The number of benzene rings is 2. The maximum Gasteiger partial charge on any atom is 0.279 e. The van der Waals surface area contributed by atoms with Gasteiger partial charge in [0.05, 0.1) is 19.3 Å². The standard InChI is InChI=1S/C25H29N3O5/c1-6-32-20-10-12-21(13-11-20)33-18(4)24(29)26-27-25(30)23-14-16(2)28(17(23)3)19-8-7-9-22(15-19)31-5/h7-15,18H,6H2,1-5H3,(H,26,29)(H,27,30). The van der Waals surface area contributed by atoms with E-state index in [1.165, 1.54) is 0 Å². The minimum atomic E-state index is -0.813. The van der Waals surface area contributed by atoms with Gasteiger partial charge in [0.2, 0.25) is 0 Å². The molecule has 0 spiro atoms. The molecule has 0 aliphatic heterocycles. The number of hydrogen-bond acceptors (Lipinski definition) is 5. The second kappa shape index (κ2) is 10.6. The van der Waals surface area contributed by atoms with Crippen molar-refractivity contribution in [3.63, 3.8) is 0 Å². The Balaban J connectivity index is 1.62. The second-order valence-corrected chi connectivity index (χ2v) is 7.43. The van der Waals surface area contributed by atoms with E-state index in [9.17, 15) is 9.59 Å². The number of nitrogens with one attached hydrogen (secondary N) is 2. The number of nitrogens with zero attached hydrogens (tertiary/aromatic N) is 1. The molecule has 174 valence electrons. The molecule has 0 radical (unpaired) electrons. The van der Waals surface area contributed by atoms with Crippen LogP contribution in [0.5, 0.6) is 17.2 Å². The molecule has 3 rings (SSSR count). The van der Waals surface area contributed by atoms with Crippen LogP contribution in [-0.4, -0.2) is 36.2 Å². The average molecular weight is 452 g/mol. The third kappa shape index (κ3) is 5.65. The zero-order chi connectivity index (χ0) is 24.0. The van der Waals surface area contributed by atoms with E-state index < -0.39 is 17.9 Å². The lowest BCUT2D eigenvalue weighted by molar-refractivity contribution is -0.128. The summed E-state index contributed by atoms with van der Waals surface area (Å²) in [6.45, 7) is 7.84. The van der Waals surface area contributed by atoms with Crippen molar-refractivity contribution >= 4 is 11.8 Å². The first-order valence-corrected chi connectivity index (χ1v) is 10.7. The third-order valence-corrected chi connectivity index (χ3v) is 5.10. The monoisotopic (exact) mass is 451 g/mol.